The molecule has 0 radical (unpaired) electrons. The minimum absolute atomic E-state index is 0.0118. The molecule has 0 spiro atoms. The summed E-state index contributed by atoms with van der Waals surface area (Å²) in [4.78, 5) is 17.7. The first-order chi connectivity index (χ1) is 10.9. The zero-order valence-corrected chi connectivity index (χ0v) is 14.3. The number of aliphatic imine (C=N–C) groups is 1. The summed E-state index contributed by atoms with van der Waals surface area (Å²) in [7, 11) is 3.48. The van der Waals surface area contributed by atoms with Crippen LogP contribution in [0.2, 0.25) is 0 Å². The molecule has 126 valence electrons. The molecule has 1 saturated heterocycles. The van der Waals surface area contributed by atoms with Gasteiger partial charge in [-0.1, -0.05) is 6.07 Å². The third kappa shape index (κ3) is 4.69. The SMILES string of the molecule is Cc1ccc(NC(N)=NCC2CCC(C(=O)N(C)C)O2)cc1C. The maximum Gasteiger partial charge on any atom is 0.251 e. The van der Waals surface area contributed by atoms with E-state index in [4.69, 9.17) is 10.5 Å². The van der Waals surface area contributed by atoms with Crippen LogP contribution in [0.25, 0.3) is 0 Å². The molecule has 1 aromatic rings. The molecular weight excluding hydrogens is 292 g/mol. The van der Waals surface area contributed by atoms with Crippen molar-refractivity contribution < 1.29 is 9.53 Å². The standard InChI is InChI=1S/C17H26N4O2/c1-11-5-6-13(9-12(11)2)20-17(18)19-10-14-7-8-15(23-14)16(22)21(3)4/h5-6,9,14-15H,7-8,10H2,1-4H3,(H3,18,19,20). The van der Waals surface area contributed by atoms with Crippen molar-refractivity contribution in [2.24, 2.45) is 10.7 Å². The lowest BCUT2D eigenvalue weighted by Gasteiger charge is -2.16. The van der Waals surface area contributed by atoms with E-state index in [9.17, 15) is 4.79 Å². The summed E-state index contributed by atoms with van der Waals surface area (Å²) >= 11 is 0. The Kier molecular flexibility index (Phi) is 5.60. The third-order valence-electron chi connectivity index (χ3n) is 4.07. The van der Waals surface area contributed by atoms with Crippen molar-refractivity contribution in [3.8, 4) is 0 Å². The van der Waals surface area contributed by atoms with Crippen molar-refractivity contribution in [2.45, 2.75) is 38.9 Å². The summed E-state index contributed by atoms with van der Waals surface area (Å²) < 4.78 is 5.74. The largest absolute Gasteiger partial charge is 0.370 e. The Hall–Kier alpha value is -2.08. The van der Waals surface area contributed by atoms with Gasteiger partial charge >= 0.3 is 0 Å². The molecule has 1 heterocycles. The van der Waals surface area contributed by atoms with E-state index in [0.29, 0.717) is 12.5 Å². The number of nitrogens with two attached hydrogens (primary N) is 1. The summed E-state index contributed by atoms with van der Waals surface area (Å²) in [6.45, 7) is 4.59. The topological polar surface area (TPSA) is 79.9 Å². The number of rotatable bonds is 4. The highest BCUT2D eigenvalue weighted by atomic mass is 16.5. The molecule has 1 fully saturated rings. The second-order valence-electron chi connectivity index (χ2n) is 6.21. The molecule has 0 aliphatic carbocycles. The van der Waals surface area contributed by atoms with Crippen LogP contribution in [0, 0.1) is 13.8 Å². The highest BCUT2D eigenvalue weighted by Gasteiger charge is 2.31. The fourth-order valence-corrected chi connectivity index (χ4v) is 2.52. The van der Waals surface area contributed by atoms with Crippen LogP contribution >= 0.6 is 0 Å². The Balaban J connectivity index is 1.85. The monoisotopic (exact) mass is 318 g/mol. The minimum atomic E-state index is -0.348. The first-order valence-electron chi connectivity index (χ1n) is 7.87. The predicted octanol–water partition coefficient (Wildman–Crippen LogP) is 1.67. The maximum absolute atomic E-state index is 11.9. The predicted molar refractivity (Wildman–Crippen MR) is 92.6 cm³/mol. The molecule has 2 atom stereocenters. The Morgan fingerprint density at radius 3 is 2.74 bits per heavy atom. The first-order valence-corrected chi connectivity index (χ1v) is 7.87. The number of hydrogen-bond acceptors (Lipinski definition) is 3. The lowest BCUT2D eigenvalue weighted by Crippen LogP contribution is -2.34. The number of carbonyl (C=O) groups excluding carboxylic acids is 1. The van der Waals surface area contributed by atoms with Crippen molar-refractivity contribution in [1.29, 1.82) is 0 Å². The number of nitrogens with zero attached hydrogens (tertiary/aromatic N) is 2. The van der Waals surface area contributed by atoms with Crippen LogP contribution in [0.5, 0.6) is 0 Å². The number of ether oxygens (including phenoxy) is 1. The van der Waals surface area contributed by atoms with Gasteiger partial charge in [0.05, 0.1) is 12.6 Å². The van der Waals surface area contributed by atoms with E-state index in [-0.39, 0.29) is 18.1 Å². The molecule has 1 aliphatic heterocycles. The molecule has 2 rings (SSSR count). The lowest BCUT2D eigenvalue weighted by atomic mass is 10.1. The van der Waals surface area contributed by atoms with Gasteiger partial charge in [-0.15, -0.1) is 0 Å². The zero-order valence-electron chi connectivity index (χ0n) is 14.3. The number of amides is 1. The van der Waals surface area contributed by atoms with Gasteiger partial charge < -0.3 is 20.7 Å². The number of hydrogen-bond donors (Lipinski definition) is 2. The van der Waals surface area contributed by atoms with Crippen LogP contribution in [0.15, 0.2) is 23.2 Å². The van der Waals surface area contributed by atoms with Crippen molar-refractivity contribution in [1.82, 2.24) is 4.90 Å². The van der Waals surface area contributed by atoms with Gasteiger partial charge in [-0.2, -0.15) is 0 Å². The molecule has 1 amide bonds. The molecule has 1 aromatic carbocycles. The number of benzene rings is 1. The third-order valence-corrected chi connectivity index (χ3v) is 4.07. The summed E-state index contributed by atoms with van der Waals surface area (Å²) in [6.07, 6.45) is 1.16. The summed E-state index contributed by atoms with van der Waals surface area (Å²) in [5, 5.41) is 3.08. The van der Waals surface area contributed by atoms with Crippen LogP contribution in [-0.2, 0) is 9.53 Å². The van der Waals surface area contributed by atoms with Gasteiger partial charge in [0.1, 0.15) is 6.10 Å². The molecule has 0 saturated carbocycles. The Bertz CT molecular complexity index is 598. The van der Waals surface area contributed by atoms with Crippen molar-refractivity contribution in [3.05, 3.63) is 29.3 Å². The second kappa shape index (κ2) is 7.46. The highest BCUT2D eigenvalue weighted by molar-refractivity contribution is 5.92. The lowest BCUT2D eigenvalue weighted by molar-refractivity contribution is -0.140. The van der Waals surface area contributed by atoms with Crippen molar-refractivity contribution in [3.63, 3.8) is 0 Å². The average Bonchev–Trinajstić information content (AvgIpc) is 2.97. The molecule has 2 unspecified atom stereocenters. The smallest absolute Gasteiger partial charge is 0.251 e. The van der Waals surface area contributed by atoms with E-state index in [2.05, 4.69) is 24.2 Å². The van der Waals surface area contributed by atoms with Gasteiger partial charge in [0.2, 0.25) is 0 Å². The van der Waals surface area contributed by atoms with Gasteiger partial charge in [-0.05, 0) is 49.9 Å². The molecule has 0 aromatic heterocycles. The van der Waals surface area contributed by atoms with Crippen LogP contribution in [-0.4, -0.2) is 49.6 Å². The van der Waals surface area contributed by atoms with E-state index in [0.717, 1.165) is 18.5 Å². The highest BCUT2D eigenvalue weighted by Crippen LogP contribution is 2.21. The quantitative estimate of drug-likeness (QED) is 0.654. The van der Waals surface area contributed by atoms with Gasteiger partial charge in [0, 0.05) is 19.8 Å². The van der Waals surface area contributed by atoms with E-state index in [1.807, 2.05) is 18.2 Å². The van der Waals surface area contributed by atoms with E-state index >= 15 is 0 Å². The number of likely N-dealkylation sites (N-methyl/N-ethyl adjacent to an activating group) is 1. The van der Waals surface area contributed by atoms with Crippen molar-refractivity contribution >= 4 is 17.6 Å². The number of anilines is 1. The Morgan fingerprint density at radius 2 is 2.09 bits per heavy atom. The molecule has 1 aliphatic rings. The molecule has 6 heteroatoms. The van der Waals surface area contributed by atoms with Gasteiger partial charge in [-0.3, -0.25) is 9.79 Å². The molecule has 23 heavy (non-hydrogen) atoms. The maximum atomic E-state index is 11.9. The molecule has 3 N–H and O–H groups in total. The van der Waals surface area contributed by atoms with E-state index in [1.54, 1.807) is 19.0 Å². The summed E-state index contributed by atoms with van der Waals surface area (Å²) in [6, 6.07) is 6.06. The number of carbonyl (C=O) groups is 1. The number of guanidine groups is 1. The fraction of sp³-hybridized carbons (Fsp3) is 0.529. The van der Waals surface area contributed by atoms with Gasteiger partial charge in [-0.25, -0.2) is 0 Å². The molecule has 6 nitrogen and oxygen atoms in total. The first kappa shape index (κ1) is 17.3. The summed E-state index contributed by atoms with van der Waals surface area (Å²) in [5.74, 6) is 0.372. The number of nitrogens with one attached hydrogen (secondary N) is 1. The summed E-state index contributed by atoms with van der Waals surface area (Å²) in [5.41, 5.74) is 9.28. The fourth-order valence-electron chi connectivity index (χ4n) is 2.52. The van der Waals surface area contributed by atoms with Crippen LogP contribution in [0.1, 0.15) is 24.0 Å². The normalized spacial score (nSPS) is 21.3. The number of aryl methyl sites for hydroxylation is 2. The molecule has 0 bridgehead atoms. The second-order valence-corrected chi connectivity index (χ2v) is 6.21. The molecular formula is C17H26N4O2. The van der Waals surface area contributed by atoms with Crippen LogP contribution in [0.3, 0.4) is 0 Å². The Morgan fingerprint density at radius 1 is 1.35 bits per heavy atom. The van der Waals surface area contributed by atoms with Crippen LogP contribution < -0.4 is 11.1 Å². The van der Waals surface area contributed by atoms with E-state index < -0.39 is 0 Å². The average molecular weight is 318 g/mol. The Labute approximate surface area is 137 Å². The van der Waals surface area contributed by atoms with Gasteiger partial charge in [0.15, 0.2) is 5.96 Å². The van der Waals surface area contributed by atoms with Crippen molar-refractivity contribution in [2.75, 3.05) is 26.0 Å². The minimum Gasteiger partial charge on any atom is -0.370 e. The van der Waals surface area contributed by atoms with E-state index in [1.165, 1.54) is 11.1 Å². The zero-order chi connectivity index (χ0) is 17.0. The van der Waals surface area contributed by atoms with Gasteiger partial charge in [0.25, 0.3) is 5.91 Å². The van der Waals surface area contributed by atoms with Crippen LogP contribution in [0.4, 0.5) is 5.69 Å².